The Balaban J connectivity index is 1.48. The van der Waals surface area contributed by atoms with E-state index in [0.29, 0.717) is 18.8 Å². The first-order chi connectivity index (χ1) is 13.1. The number of likely N-dealkylation sites (tertiary alicyclic amines) is 1. The predicted octanol–water partition coefficient (Wildman–Crippen LogP) is 2.06. The minimum absolute atomic E-state index is 0.0283. The van der Waals surface area contributed by atoms with Gasteiger partial charge in [0.2, 0.25) is 5.91 Å². The number of rotatable bonds is 4. The van der Waals surface area contributed by atoms with Crippen molar-refractivity contribution in [3.05, 3.63) is 36.4 Å². The molecular formula is C19H23N5O3. The maximum atomic E-state index is 12.9. The van der Waals surface area contributed by atoms with E-state index in [-0.39, 0.29) is 24.3 Å². The summed E-state index contributed by atoms with van der Waals surface area (Å²) in [6.07, 6.45) is 4.09. The van der Waals surface area contributed by atoms with Crippen molar-refractivity contribution in [2.24, 2.45) is 0 Å². The first-order valence-corrected chi connectivity index (χ1v) is 9.37. The van der Waals surface area contributed by atoms with E-state index in [4.69, 9.17) is 4.74 Å². The molecule has 8 heteroatoms. The average molecular weight is 369 g/mol. The highest BCUT2D eigenvalue weighted by Crippen LogP contribution is 2.34. The first-order valence-electron chi connectivity index (χ1n) is 9.37. The summed E-state index contributed by atoms with van der Waals surface area (Å²) in [7, 11) is 0. The fourth-order valence-corrected chi connectivity index (χ4v) is 3.83. The second-order valence-electron chi connectivity index (χ2n) is 6.94. The molecule has 2 aliphatic rings. The Bertz CT molecular complexity index is 823. The Morgan fingerprint density at radius 3 is 3.00 bits per heavy atom. The number of ether oxygens (including phenoxy) is 1. The fraction of sp³-hybridized carbons (Fsp3) is 0.474. The van der Waals surface area contributed by atoms with Gasteiger partial charge in [-0.3, -0.25) is 14.7 Å². The number of benzene rings is 1. The molecule has 142 valence electrons. The average Bonchev–Trinajstić information content (AvgIpc) is 3.23. The molecule has 0 saturated carbocycles. The largest absolute Gasteiger partial charge is 0.479 e. The molecule has 1 N–H and O–H groups in total. The lowest BCUT2D eigenvalue weighted by Crippen LogP contribution is -2.46. The number of aromatic nitrogens is 3. The van der Waals surface area contributed by atoms with E-state index < -0.39 is 6.10 Å². The van der Waals surface area contributed by atoms with E-state index in [9.17, 15) is 9.59 Å². The van der Waals surface area contributed by atoms with Gasteiger partial charge in [-0.25, -0.2) is 4.98 Å². The molecule has 1 fully saturated rings. The van der Waals surface area contributed by atoms with Crippen molar-refractivity contribution in [2.45, 2.75) is 44.8 Å². The molecule has 0 bridgehead atoms. The van der Waals surface area contributed by atoms with Gasteiger partial charge in [0.1, 0.15) is 17.9 Å². The molecule has 2 amide bonds. The number of piperidine rings is 1. The van der Waals surface area contributed by atoms with Crippen LogP contribution in [0.1, 0.15) is 44.5 Å². The van der Waals surface area contributed by atoms with Crippen LogP contribution in [0.25, 0.3) is 0 Å². The summed E-state index contributed by atoms with van der Waals surface area (Å²) in [6, 6.07) is 7.37. The zero-order valence-electron chi connectivity index (χ0n) is 15.3. The summed E-state index contributed by atoms with van der Waals surface area (Å²) < 4.78 is 5.66. The van der Waals surface area contributed by atoms with Gasteiger partial charge in [-0.1, -0.05) is 12.1 Å². The van der Waals surface area contributed by atoms with Crippen LogP contribution in [0.2, 0.25) is 0 Å². The van der Waals surface area contributed by atoms with Gasteiger partial charge in [0.15, 0.2) is 6.10 Å². The summed E-state index contributed by atoms with van der Waals surface area (Å²) in [6.45, 7) is 2.77. The number of hydrogen-bond acceptors (Lipinski definition) is 5. The normalized spacial score (nSPS) is 22.3. The third-order valence-corrected chi connectivity index (χ3v) is 5.20. The highest BCUT2D eigenvalue weighted by molar-refractivity contribution is 6.00. The zero-order chi connectivity index (χ0) is 18.8. The highest BCUT2D eigenvalue weighted by atomic mass is 16.5. The number of hydrogen-bond donors (Lipinski definition) is 1. The molecular weight excluding hydrogens is 346 g/mol. The van der Waals surface area contributed by atoms with Crippen molar-refractivity contribution in [1.82, 2.24) is 20.1 Å². The third-order valence-electron chi connectivity index (χ3n) is 5.20. The minimum Gasteiger partial charge on any atom is -0.479 e. The van der Waals surface area contributed by atoms with Crippen LogP contribution >= 0.6 is 0 Å². The van der Waals surface area contributed by atoms with Crippen LogP contribution in [-0.2, 0) is 9.59 Å². The molecule has 8 nitrogen and oxygen atoms in total. The number of H-pyrrole nitrogens is 1. The summed E-state index contributed by atoms with van der Waals surface area (Å²) in [4.78, 5) is 33.3. The number of para-hydroxylation sites is 2. The Labute approximate surface area is 157 Å². The van der Waals surface area contributed by atoms with E-state index in [0.717, 1.165) is 30.8 Å². The zero-order valence-corrected chi connectivity index (χ0v) is 15.3. The number of aromatic amines is 1. The van der Waals surface area contributed by atoms with Gasteiger partial charge in [-0.2, -0.15) is 5.10 Å². The summed E-state index contributed by atoms with van der Waals surface area (Å²) in [5, 5.41) is 6.80. The van der Waals surface area contributed by atoms with Gasteiger partial charge in [0.25, 0.3) is 5.91 Å². The lowest BCUT2D eigenvalue weighted by Gasteiger charge is -2.36. The van der Waals surface area contributed by atoms with Gasteiger partial charge in [-0.05, 0) is 38.3 Å². The van der Waals surface area contributed by atoms with Crippen molar-refractivity contribution in [1.29, 1.82) is 0 Å². The van der Waals surface area contributed by atoms with Crippen molar-refractivity contribution in [3.63, 3.8) is 0 Å². The predicted molar refractivity (Wildman–Crippen MR) is 98.2 cm³/mol. The first kappa shape index (κ1) is 17.5. The molecule has 1 aromatic heterocycles. The second kappa shape index (κ2) is 7.38. The molecule has 2 aliphatic heterocycles. The van der Waals surface area contributed by atoms with Crippen molar-refractivity contribution in [3.8, 4) is 5.75 Å². The van der Waals surface area contributed by atoms with Crippen molar-refractivity contribution >= 4 is 17.5 Å². The number of nitrogens with zero attached hydrogens (tertiary/aromatic N) is 4. The van der Waals surface area contributed by atoms with Gasteiger partial charge < -0.3 is 14.5 Å². The van der Waals surface area contributed by atoms with Crippen LogP contribution in [-0.4, -0.2) is 51.1 Å². The highest BCUT2D eigenvalue weighted by Gasteiger charge is 2.33. The molecule has 0 spiro atoms. The smallest absolute Gasteiger partial charge is 0.267 e. The quantitative estimate of drug-likeness (QED) is 0.891. The molecule has 1 saturated heterocycles. The maximum Gasteiger partial charge on any atom is 0.267 e. The number of anilines is 1. The SMILES string of the molecule is CC1Oc2ccccc2N(CCC(=O)N2CCCCC2c2ncn[nH]2)C1=O. The van der Waals surface area contributed by atoms with Gasteiger partial charge >= 0.3 is 0 Å². The van der Waals surface area contributed by atoms with Crippen LogP contribution in [0.15, 0.2) is 30.6 Å². The lowest BCUT2D eigenvalue weighted by molar-refractivity contribution is -0.135. The summed E-state index contributed by atoms with van der Waals surface area (Å²) >= 11 is 0. The van der Waals surface area contributed by atoms with Crippen LogP contribution in [0.5, 0.6) is 5.75 Å². The Kier molecular flexibility index (Phi) is 4.79. The van der Waals surface area contributed by atoms with Gasteiger partial charge in [0, 0.05) is 19.5 Å². The summed E-state index contributed by atoms with van der Waals surface area (Å²) in [5.41, 5.74) is 0.721. The van der Waals surface area contributed by atoms with Gasteiger partial charge in [-0.15, -0.1) is 0 Å². The molecule has 1 aromatic carbocycles. The van der Waals surface area contributed by atoms with Crippen LogP contribution in [0.3, 0.4) is 0 Å². The minimum atomic E-state index is -0.549. The van der Waals surface area contributed by atoms with Crippen LogP contribution in [0, 0.1) is 0 Å². The van der Waals surface area contributed by atoms with E-state index in [1.807, 2.05) is 29.2 Å². The molecule has 2 unspecified atom stereocenters. The van der Waals surface area contributed by atoms with Crippen molar-refractivity contribution in [2.75, 3.05) is 18.0 Å². The van der Waals surface area contributed by atoms with Crippen LogP contribution in [0.4, 0.5) is 5.69 Å². The molecule has 4 rings (SSSR count). The lowest BCUT2D eigenvalue weighted by atomic mass is 10.0. The molecule has 0 aliphatic carbocycles. The Hall–Kier alpha value is -2.90. The fourth-order valence-electron chi connectivity index (χ4n) is 3.83. The number of carbonyl (C=O) groups is 2. The third kappa shape index (κ3) is 3.39. The second-order valence-corrected chi connectivity index (χ2v) is 6.94. The van der Waals surface area contributed by atoms with E-state index in [2.05, 4.69) is 15.2 Å². The van der Waals surface area contributed by atoms with Crippen molar-refractivity contribution < 1.29 is 14.3 Å². The number of fused-ring (bicyclic) bond motifs is 1. The monoisotopic (exact) mass is 369 g/mol. The standard InChI is InChI=1S/C19H23N5O3/c1-13-19(26)24(14-6-2-3-8-16(14)27-13)11-9-17(25)23-10-5-4-7-15(23)18-20-12-21-22-18/h2-3,6,8,12-13,15H,4-5,7,9-11H2,1H3,(H,20,21,22). The molecule has 0 radical (unpaired) electrons. The topological polar surface area (TPSA) is 91.4 Å². The van der Waals surface area contributed by atoms with E-state index >= 15 is 0 Å². The van der Waals surface area contributed by atoms with Crippen LogP contribution < -0.4 is 9.64 Å². The van der Waals surface area contributed by atoms with Gasteiger partial charge in [0.05, 0.1) is 11.7 Å². The molecule has 2 atom stereocenters. The van der Waals surface area contributed by atoms with E-state index in [1.165, 1.54) is 6.33 Å². The van der Waals surface area contributed by atoms with E-state index in [1.54, 1.807) is 11.8 Å². The Morgan fingerprint density at radius 1 is 1.33 bits per heavy atom. The number of amides is 2. The molecule has 27 heavy (non-hydrogen) atoms. The number of carbonyl (C=O) groups excluding carboxylic acids is 2. The maximum absolute atomic E-state index is 12.9. The number of nitrogens with one attached hydrogen (secondary N) is 1. The molecule has 3 heterocycles. The molecule has 2 aromatic rings. The summed E-state index contributed by atoms with van der Waals surface area (Å²) in [5.74, 6) is 1.31. The Morgan fingerprint density at radius 2 is 2.19 bits per heavy atom.